The largest absolute Gasteiger partial charge is 0.463 e. The molecule has 0 saturated carbocycles. The third-order valence-corrected chi connectivity index (χ3v) is 4.95. The molecule has 0 amide bonds. The van der Waals surface area contributed by atoms with E-state index in [0.29, 0.717) is 6.61 Å². The lowest BCUT2D eigenvalue weighted by Crippen LogP contribution is -2.02. The van der Waals surface area contributed by atoms with Gasteiger partial charge in [-0.15, -0.1) is 0 Å². The molecule has 0 aliphatic carbocycles. The van der Waals surface area contributed by atoms with Gasteiger partial charge in [-0.2, -0.15) is 0 Å². The van der Waals surface area contributed by atoms with Crippen molar-refractivity contribution in [3.8, 4) is 0 Å². The van der Waals surface area contributed by atoms with Crippen LogP contribution in [0, 0.1) is 0 Å². The van der Waals surface area contributed by atoms with Crippen LogP contribution < -0.4 is 0 Å². The van der Waals surface area contributed by atoms with Gasteiger partial charge >= 0.3 is 5.97 Å². The van der Waals surface area contributed by atoms with Gasteiger partial charge in [0.25, 0.3) is 0 Å². The Morgan fingerprint density at radius 2 is 1.22 bits per heavy atom. The molecule has 0 saturated heterocycles. The van der Waals surface area contributed by atoms with Crippen LogP contribution >= 0.6 is 0 Å². The molecule has 0 atom stereocenters. The van der Waals surface area contributed by atoms with E-state index in [4.69, 9.17) is 4.74 Å². The van der Waals surface area contributed by atoms with E-state index in [1.807, 2.05) is 30.3 Å². The quantitative estimate of drug-likeness (QED) is 0.159. The lowest BCUT2D eigenvalue weighted by atomic mass is 10.0. The molecular weight excluding hydrogens is 332 g/mol. The Labute approximate surface area is 167 Å². The van der Waals surface area contributed by atoms with Gasteiger partial charge in [0.15, 0.2) is 0 Å². The van der Waals surface area contributed by atoms with Crippen molar-refractivity contribution in [3.05, 3.63) is 42.0 Å². The van der Waals surface area contributed by atoms with Crippen molar-refractivity contribution in [1.82, 2.24) is 0 Å². The Morgan fingerprint density at radius 3 is 1.74 bits per heavy atom. The number of ether oxygens (including phenoxy) is 1. The maximum Gasteiger partial charge on any atom is 0.330 e. The van der Waals surface area contributed by atoms with E-state index in [-0.39, 0.29) is 5.97 Å². The Balaban J connectivity index is 1.81. The number of rotatable bonds is 17. The maximum atomic E-state index is 11.6. The van der Waals surface area contributed by atoms with Crippen LogP contribution in [0.2, 0.25) is 0 Å². The SMILES string of the molecule is CCCCCCCCCCCCCCCCOC(=O)C=Cc1ccccc1. The molecule has 2 nitrogen and oxygen atoms in total. The highest BCUT2D eigenvalue weighted by atomic mass is 16.5. The predicted molar refractivity (Wildman–Crippen MR) is 117 cm³/mol. The smallest absolute Gasteiger partial charge is 0.330 e. The summed E-state index contributed by atoms with van der Waals surface area (Å²) in [6.45, 7) is 2.81. The van der Waals surface area contributed by atoms with Gasteiger partial charge in [-0.3, -0.25) is 0 Å². The van der Waals surface area contributed by atoms with Crippen molar-refractivity contribution in [2.75, 3.05) is 6.61 Å². The molecule has 0 bridgehead atoms. The molecule has 152 valence electrons. The van der Waals surface area contributed by atoms with E-state index in [1.54, 1.807) is 6.08 Å². The molecule has 1 aromatic rings. The fourth-order valence-corrected chi connectivity index (χ4v) is 3.25. The molecule has 0 fully saturated rings. The van der Waals surface area contributed by atoms with Crippen LogP contribution in [0.5, 0.6) is 0 Å². The molecule has 0 N–H and O–H groups in total. The van der Waals surface area contributed by atoms with Crippen LogP contribution in [0.3, 0.4) is 0 Å². The lowest BCUT2D eigenvalue weighted by molar-refractivity contribution is -0.137. The second-order valence-electron chi connectivity index (χ2n) is 7.51. The molecule has 0 unspecified atom stereocenters. The van der Waals surface area contributed by atoms with Gasteiger partial charge in [0.1, 0.15) is 0 Å². The average Bonchev–Trinajstić information content (AvgIpc) is 2.70. The lowest BCUT2D eigenvalue weighted by Gasteiger charge is -2.04. The molecule has 0 radical (unpaired) electrons. The second kappa shape index (κ2) is 17.8. The zero-order valence-electron chi connectivity index (χ0n) is 17.5. The Bertz CT molecular complexity index is 478. The molecule has 0 aliphatic rings. The first kappa shape index (κ1) is 23.5. The van der Waals surface area contributed by atoms with Crippen molar-refractivity contribution in [2.45, 2.75) is 96.8 Å². The van der Waals surface area contributed by atoms with Crippen LogP contribution in [0.15, 0.2) is 36.4 Å². The maximum absolute atomic E-state index is 11.6. The fraction of sp³-hybridized carbons (Fsp3) is 0.640. The minimum Gasteiger partial charge on any atom is -0.463 e. The molecule has 1 aromatic carbocycles. The van der Waals surface area contributed by atoms with Crippen LogP contribution in [0.25, 0.3) is 6.08 Å². The Hall–Kier alpha value is -1.57. The summed E-state index contributed by atoms with van der Waals surface area (Å²) in [5, 5.41) is 0. The number of hydrogen-bond acceptors (Lipinski definition) is 2. The van der Waals surface area contributed by atoms with Crippen molar-refractivity contribution >= 4 is 12.0 Å². The van der Waals surface area contributed by atoms with Crippen LogP contribution in [-0.2, 0) is 9.53 Å². The third-order valence-electron chi connectivity index (χ3n) is 4.95. The van der Waals surface area contributed by atoms with Gasteiger partial charge in [-0.25, -0.2) is 4.79 Å². The van der Waals surface area contributed by atoms with Crippen molar-refractivity contribution in [1.29, 1.82) is 0 Å². The topological polar surface area (TPSA) is 26.3 Å². The standard InChI is InChI=1S/C25H40O2/c1-2-3-4-5-6-7-8-9-10-11-12-13-14-18-23-27-25(26)22-21-24-19-16-15-17-20-24/h15-17,19-22H,2-14,18,23H2,1H3. The number of carbonyl (C=O) groups is 1. The molecule has 2 heteroatoms. The molecular formula is C25H40O2. The van der Waals surface area contributed by atoms with E-state index in [1.165, 1.54) is 83.1 Å². The molecule has 0 aromatic heterocycles. The summed E-state index contributed by atoms with van der Waals surface area (Å²) in [4.78, 5) is 11.6. The zero-order chi connectivity index (χ0) is 19.4. The van der Waals surface area contributed by atoms with Gasteiger partial charge in [-0.05, 0) is 18.1 Å². The Morgan fingerprint density at radius 1 is 0.741 bits per heavy atom. The van der Waals surface area contributed by atoms with E-state index < -0.39 is 0 Å². The molecule has 0 aliphatic heterocycles. The summed E-state index contributed by atoms with van der Waals surface area (Å²) in [6.07, 6.45) is 22.0. The first-order chi connectivity index (χ1) is 13.3. The number of hydrogen-bond donors (Lipinski definition) is 0. The highest BCUT2D eigenvalue weighted by Gasteiger charge is 1.98. The minimum atomic E-state index is -0.242. The summed E-state index contributed by atoms with van der Waals surface area (Å²) in [5.74, 6) is -0.242. The van der Waals surface area contributed by atoms with Crippen molar-refractivity contribution in [3.63, 3.8) is 0 Å². The third kappa shape index (κ3) is 15.2. The summed E-state index contributed by atoms with van der Waals surface area (Å²) >= 11 is 0. The van der Waals surface area contributed by atoms with Crippen LogP contribution in [0.4, 0.5) is 0 Å². The summed E-state index contributed by atoms with van der Waals surface area (Å²) < 4.78 is 5.25. The molecule has 0 heterocycles. The van der Waals surface area contributed by atoms with Crippen LogP contribution in [0.1, 0.15) is 102 Å². The van der Waals surface area contributed by atoms with Gasteiger partial charge < -0.3 is 4.74 Å². The molecule has 0 spiro atoms. The minimum absolute atomic E-state index is 0.242. The zero-order valence-corrected chi connectivity index (χ0v) is 17.5. The highest BCUT2D eigenvalue weighted by molar-refractivity contribution is 5.86. The van der Waals surface area contributed by atoms with Crippen LogP contribution in [-0.4, -0.2) is 12.6 Å². The van der Waals surface area contributed by atoms with E-state index >= 15 is 0 Å². The fourth-order valence-electron chi connectivity index (χ4n) is 3.25. The average molecular weight is 373 g/mol. The first-order valence-corrected chi connectivity index (χ1v) is 11.2. The summed E-state index contributed by atoms with van der Waals surface area (Å²) in [5.41, 5.74) is 1.02. The van der Waals surface area contributed by atoms with E-state index in [2.05, 4.69) is 6.92 Å². The van der Waals surface area contributed by atoms with Crippen molar-refractivity contribution in [2.24, 2.45) is 0 Å². The second-order valence-corrected chi connectivity index (χ2v) is 7.51. The van der Waals surface area contributed by atoms with Gasteiger partial charge in [-0.1, -0.05) is 121 Å². The monoisotopic (exact) mass is 372 g/mol. The predicted octanol–water partition coefficient (Wildman–Crippen LogP) is 7.72. The number of benzene rings is 1. The first-order valence-electron chi connectivity index (χ1n) is 11.2. The molecule has 27 heavy (non-hydrogen) atoms. The van der Waals surface area contributed by atoms with Gasteiger partial charge in [0.2, 0.25) is 0 Å². The van der Waals surface area contributed by atoms with Crippen molar-refractivity contribution < 1.29 is 9.53 Å². The number of carbonyl (C=O) groups excluding carboxylic acids is 1. The Kier molecular flexibility index (Phi) is 15.5. The summed E-state index contributed by atoms with van der Waals surface area (Å²) in [6, 6.07) is 9.82. The summed E-state index contributed by atoms with van der Waals surface area (Å²) in [7, 11) is 0. The van der Waals surface area contributed by atoms with Gasteiger partial charge in [0.05, 0.1) is 6.61 Å². The van der Waals surface area contributed by atoms with E-state index in [9.17, 15) is 4.79 Å². The number of esters is 1. The normalized spacial score (nSPS) is 11.1. The van der Waals surface area contributed by atoms with Gasteiger partial charge in [0, 0.05) is 6.08 Å². The molecule has 1 rings (SSSR count). The number of unbranched alkanes of at least 4 members (excludes halogenated alkanes) is 13. The van der Waals surface area contributed by atoms with E-state index in [0.717, 1.165) is 18.4 Å². The highest BCUT2D eigenvalue weighted by Crippen LogP contribution is 2.13.